The lowest BCUT2D eigenvalue weighted by molar-refractivity contribution is 0.111. The molecular formula is C28H24F4N6O2. The second-order valence-corrected chi connectivity index (χ2v) is 9.36. The summed E-state index contributed by atoms with van der Waals surface area (Å²) in [5.41, 5.74) is -0.777. The van der Waals surface area contributed by atoms with Crippen LogP contribution in [0, 0.1) is 29.9 Å². The molecule has 0 radical (unpaired) electrons. The number of nitrogens with zero attached hydrogens (tertiary/aromatic N) is 5. The molecule has 0 saturated carbocycles. The Labute approximate surface area is 226 Å². The Kier molecular flexibility index (Phi) is 7.40. The summed E-state index contributed by atoms with van der Waals surface area (Å²) in [5, 5.41) is 14.6. The van der Waals surface area contributed by atoms with Crippen molar-refractivity contribution in [2.75, 3.05) is 36.6 Å². The topological polar surface area (TPSA) is 96.1 Å². The number of fused-ring (bicyclic) bond motifs is 1. The number of alkyl halides is 2. The van der Waals surface area contributed by atoms with E-state index < -0.39 is 35.2 Å². The van der Waals surface area contributed by atoms with Gasteiger partial charge < -0.3 is 15.1 Å². The first-order valence-electron chi connectivity index (χ1n) is 12.5. The highest BCUT2D eigenvalue weighted by atomic mass is 19.3. The Morgan fingerprint density at radius 3 is 2.52 bits per heavy atom. The fourth-order valence-corrected chi connectivity index (χ4v) is 4.79. The van der Waals surface area contributed by atoms with Gasteiger partial charge in [-0.2, -0.15) is 5.26 Å². The molecule has 0 bridgehead atoms. The SMILES string of the molecule is Cc1nc(N[C@H](C)c2cccc(C(F)F)c2F)c2cn(N3CCOCC3)c(=O)c(-c3cc(F)cc(C#N)c3)c2n1. The molecule has 0 aliphatic carbocycles. The van der Waals surface area contributed by atoms with E-state index in [2.05, 4.69) is 15.3 Å². The fourth-order valence-electron chi connectivity index (χ4n) is 4.79. The lowest BCUT2D eigenvalue weighted by Crippen LogP contribution is -2.49. The summed E-state index contributed by atoms with van der Waals surface area (Å²) in [5.74, 6) is -1.25. The molecule has 3 heterocycles. The first-order chi connectivity index (χ1) is 19.2. The van der Waals surface area contributed by atoms with E-state index in [9.17, 15) is 27.6 Å². The minimum atomic E-state index is -2.98. The number of hydrogen-bond donors (Lipinski definition) is 1. The molecule has 1 aliphatic heterocycles. The van der Waals surface area contributed by atoms with Gasteiger partial charge in [0.15, 0.2) is 0 Å². The molecule has 2 aromatic heterocycles. The molecule has 8 nitrogen and oxygen atoms in total. The van der Waals surface area contributed by atoms with Gasteiger partial charge in [0.2, 0.25) is 0 Å². The minimum Gasteiger partial charge on any atom is -0.378 e. The van der Waals surface area contributed by atoms with E-state index in [1.165, 1.54) is 29.1 Å². The zero-order valence-electron chi connectivity index (χ0n) is 21.6. The summed E-state index contributed by atoms with van der Waals surface area (Å²) in [7, 11) is 0. The lowest BCUT2D eigenvalue weighted by Gasteiger charge is -2.31. The number of rotatable bonds is 6. The van der Waals surface area contributed by atoms with Crippen LogP contribution in [0.2, 0.25) is 0 Å². The standard InChI is InChI=1S/C28H24F4N6O2/c1-15(20-4-3-5-21(24(20)30)26(31)32)34-27-22-14-38(37-6-8-40-9-7-37)28(39)23(25(22)35-16(2)36-27)18-10-17(13-33)11-19(29)12-18/h3-5,10-12,14-15,26H,6-9H2,1-2H3,(H,34,35,36)/t15-/m1/s1. The average Bonchev–Trinajstić information content (AvgIpc) is 2.92. The first kappa shape index (κ1) is 27.1. The molecular weight excluding hydrogens is 528 g/mol. The first-order valence-corrected chi connectivity index (χ1v) is 12.5. The molecule has 206 valence electrons. The predicted octanol–water partition coefficient (Wildman–Crippen LogP) is 5.00. The van der Waals surface area contributed by atoms with Gasteiger partial charge in [0.05, 0.1) is 66.0 Å². The van der Waals surface area contributed by atoms with E-state index in [0.29, 0.717) is 31.7 Å². The van der Waals surface area contributed by atoms with E-state index >= 15 is 0 Å². The number of morpholine rings is 1. The lowest BCUT2D eigenvalue weighted by atomic mass is 10.0. The van der Waals surface area contributed by atoms with Crippen molar-refractivity contribution in [1.29, 1.82) is 5.26 Å². The smallest absolute Gasteiger partial charge is 0.279 e. The second kappa shape index (κ2) is 10.9. The Balaban J connectivity index is 1.73. The van der Waals surface area contributed by atoms with Crippen molar-refractivity contribution in [1.82, 2.24) is 14.6 Å². The number of pyridine rings is 1. The van der Waals surface area contributed by atoms with Crippen molar-refractivity contribution in [2.24, 2.45) is 0 Å². The molecule has 1 N–H and O–H groups in total. The number of hydrogen-bond acceptors (Lipinski definition) is 7. The van der Waals surface area contributed by atoms with Crippen molar-refractivity contribution in [3.8, 4) is 17.2 Å². The van der Waals surface area contributed by atoms with Gasteiger partial charge in [-0.1, -0.05) is 18.2 Å². The third-order valence-electron chi connectivity index (χ3n) is 6.69. The summed E-state index contributed by atoms with van der Waals surface area (Å²) in [6.07, 6.45) is -1.44. The number of benzene rings is 2. The van der Waals surface area contributed by atoms with Crippen LogP contribution in [0.3, 0.4) is 0 Å². The molecule has 1 aliphatic rings. The maximum Gasteiger partial charge on any atom is 0.279 e. The van der Waals surface area contributed by atoms with E-state index in [0.717, 1.165) is 18.2 Å². The Hall–Kier alpha value is -4.50. The molecule has 0 amide bonds. The zero-order valence-corrected chi connectivity index (χ0v) is 21.6. The fraction of sp³-hybridized carbons (Fsp3) is 0.286. The zero-order chi connectivity index (χ0) is 28.6. The molecule has 2 aromatic carbocycles. The molecule has 4 aromatic rings. The summed E-state index contributed by atoms with van der Waals surface area (Å²) in [6.45, 7) is 4.75. The van der Waals surface area contributed by atoms with Crippen LogP contribution in [0.4, 0.5) is 23.4 Å². The van der Waals surface area contributed by atoms with E-state index in [1.54, 1.807) is 18.9 Å². The van der Waals surface area contributed by atoms with Crippen LogP contribution in [0.1, 0.15) is 41.9 Å². The number of nitriles is 1. The molecule has 5 rings (SSSR count). The number of aryl methyl sites for hydroxylation is 1. The Bertz CT molecular complexity index is 1700. The van der Waals surface area contributed by atoms with Crippen molar-refractivity contribution >= 4 is 16.7 Å². The van der Waals surface area contributed by atoms with Gasteiger partial charge >= 0.3 is 0 Å². The number of anilines is 1. The number of nitrogens with one attached hydrogen (secondary N) is 1. The van der Waals surface area contributed by atoms with E-state index in [-0.39, 0.29) is 39.4 Å². The highest BCUT2D eigenvalue weighted by Gasteiger charge is 2.24. The van der Waals surface area contributed by atoms with Crippen LogP contribution in [-0.4, -0.2) is 40.9 Å². The molecule has 1 saturated heterocycles. The molecule has 40 heavy (non-hydrogen) atoms. The maximum atomic E-state index is 14.9. The molecule has 1 atom stereocenters. The van der Waals surface area contributed by atoms with Gasteiger partial charge in [0.1, 0.15) is 23.3 Å². The highest BCUT2D eigenvalue weighted by molar-refractivity contribution is 5.98. The Morgan fingerprint density at radius 2 is 1.82 bits per heavy atom. The molecule has 1 fully saturated rings. The largest absolute Gasteiger partial charge is 0.378 e. The molecule has 0 spiro atoms. The minimum absolute atomic E-state index is 0.00716. The van der Waals surface area contributed by atoms with Crippen molar-refractivity contribution in [3.05, 3.63) is 87.1 Å². The van der Waals surface area contributed by atoms with Crippen LogP contribution in [0.15, 0.2) is 47.4 Å². The van der Waals surface area contributed by atoms with Crippen LogP contribution in [0.25, 0.3) is 22.0 Å². The second-order valence-electron chi connectivity index (χ2n) is 9.36. The average molecular weight is 553 g/mol. The highest BCUT2D eigenvalue weighted by Crippen LogP contribution is 2.33. The van der Waals surface area contributed by atoms with E-state index in [4.69, 9.17) is 4.74 Å². The van der Waals surface area contributed by atoms with Crippen LogP contribution >= 0.6 is 0 Å². The van der Waals surface area contributed by atoms with Crippen molar-refractivity contribution in [3.63, 3.8) is 0 Å². The number of halogens is 4. The summed E-state index contributed by atoms with van der Waals surface area (Å²) >= 11 is 0. The van der Waals surface area contributed by atoms with Gasteiger partial charge in [-0.05, 0) is 37.6 Å². The van der Waals surface area contributed by atoms with Gasteiger partial charge in [-0.15, -0.1) is 0 Å². The number of aromatic nitrogens is 3. The van der Waals surface area contributed by atoms with Crippen LogP contribution in [0.5, 0.6) is 0 Å². The maximum absolute atomic E-state index is 14.9. The normalized spacial score (nSPS) is 14.4. The van der Waals surface area contributed by atoms with Gasteiger partial charge in [-0.3, -0.25) is 4.79 Å². The quantitative estimate of drug-likeness (QED) is 0.337. The number of ether oxygens (including phenoxy) is 1. The third kappa shape index (κ3) is 5.08. The van der Waals surface area contributed by atoms with Crippen molar-refractivity contribution in [2.45, 2.75) is 26.3 Å². The monoisotopic (exact) mass is 552 g/mol. The Morgan fingerprint density at radius 1 is 1.10 bits per heavy atom. The van der Waals surface area contributed by atoms with E-state index in [1.807, 2.05) is 6.07 Å². The van der Waals surface area contributed by atoms with Crippen LogP contribution < -0.4 is 15.9 Å². The molecule has 12 heteroatoms. The molecule has 0 unspecified atom stereocenters. The predicted molar refractivity (Wildman–Crippen MR) is 141 cm³/mol. The summed E-state index contributed by atoms with van der Waals surface area (Å²) in [4.78, 5) is 22.9. The van der Waals surface area contributed by atoms with Crippen molar-refractivity contribution < 1.29 is 22.3 Å². The van der Waals surface area contributed by atoms with Gasteiger partial charge in [0, 0.05) is 11.8 Å². The third-order valence-corrected chi connectivity index (χ3v) is 6.69. The van der Waals surface area contributed by atoms with Gasteiger partial charge in [-0.25, -0.2) is 32.2 Å². The van der Waals surface area contributed by atoms with Crippen LogP contribution in [-0.2, 0) is 4.74 Å². The summed E-state index contributed by atoms with van der Waals surface area (Å²) in [6, 6.07) is 8.50. The van der Waals surface area contributed by atoms with Gasteiger partial charge in [0.25, 0.3) is 12.0 Å². The summed E-state index contributed by atoms with van der Waals surface area (Å²) < 4.78 is 62.9.